The van der Waals surface area contributed by atoms with Crippen LogP contribution >= 0.6 is 0 Å². The molecule has 0 unspecified atom stereocenters. The van der Waals surface area contributed by atoms with Crippen molar-refractivity contribution in [1.82, 2.24) is 10.3 Å². The molecule has 4 aliphatic rings. The van der Waals surface area contributed by atoms with Gasteiger partial charge in [-0.3, -0.25) is 4.79 Å². The molecule has 4 fully saturated rings. The van der Waals surface area contributed by atoms with E-state index >= 15 is 0 Å². The van der Waals surface area contributed by atoms with Crippen LogP contribution in [0.2, 0.25) is 0 Å². The van der Waals surface area contributed by atoms with Crippen molar-refractivity contribution in [3.8, 4) is 0 Å². The zero-order valence-corrected chi connectivity index (χ0v) is 11.7. The zero-order valence-electron chi connectivity index (χ0n) is 11.7. The largest absolute Gasteiger partial charge is 0.349 e. The smallest absolute Gasteiger partial charge is 0.254 e. The van der Waals surface area contributed by atoms with Crippen LogP contribution in [-0.4, -0.2) is 16.9 Å². The Kier molecular flexibility index (Phi) is 2.98. The van der Waals surface area contributed by atoms with E-state index in [1.165, 1.54) is 38.2 Å². The molecule has 4 saturated carbocycles. The van der Waals surface area contributed by atoms with Gasteiger partial charge in [0.1, 0.15) is 0 Å². The molecule has 4 bridgehead atoms. The van der Waals surface area contributed by atoms with Crippen LogP contribution in [0.25, 0.3) is 0 Å². The van der Waals surface area contributed by atoms with Crippen LogP contribution in [0.4, 0.5) is 8.78 Å². The SMILES string of the molecule is O=C(NC1C2CC3CC(C2)CC1C3)c1ccnc(F)c1F. The van der Waals surface area contributed by atoms with Gasteiger partial charge in [0.15, 0.2) is 5.82 Å². The molecule has 1 N–H and O–H groups in total. The van der Waals surface area contributed by atoms with Gasteiger partial charge >= 0.3 is 0 Å². The Morgan fingerprint density at radius 3 is 2.33 bits per heavy atom. The van der Waals surface area contributed by atoms with E-state index in [4.69, 9.17) is 0 Å². The first-order chi connectivity index (χ1) is 10.1. The van der Waals surface area contributed by atoms with Crippen molar-refractivity contribution in [2.24, 2.45) is 23.7 Å². The van der Waals surface area contributed by atoms with Crippen LogP contribution in [-0.2, 0) is 0 Å². The summed E-state index contributed by atoms with van der Waals surface area (Å²) in [6, 6.07) is 1.37. The van der Waals surface area contributed by atoms with Crippen LogP contribution in [0.15, 0.2) is 12.3 Å². The van der Waals surface area contributed by atoms with E-state index in [-0.39, 0.29) is 11.6 Å². The van der Waals surface area contributed by atoms with Gasteiger partial charge in [-0.15, -0.1) is 0 Å². The quantitative estimate of drug-likeness (QED) is 0.852. The summed E-state index contributed by atoms with van der Waals surface area (Å²) < 4.78 is 26.8. The highest BCUT2D eigenvalue weighted by Crippen LogP contribution is 2.53. The molecular formula is C16H18F2N2O. The maximum Gasteiger partial charge on any atom is 0.254 e. The molecule has 0 spiro atoms. The van der Waals surface area contributed by atoms with Crippen LogP contribution in [0, 0.1) is 35.4 Å². The minimum atomic E-state index is -1.22. The molecular weight excluding hydrogens is 274 g/mol. The first-order valence-corrected chi connectivity index (χ1v) is 7.72. The molecule has 5 rings (SSSR count). The molecule has 1 aromatic rings. The van der Waals surface area contributed by atoms with Crippen molar-refractivity contribution >= 4 is 5.91 Å². The predicted octanol–water partition coefficient (Wildman–Crippen LogP) is 2.91. The molecule has 0 radical (unpaired) electrons. The fourth-order valence-corrected chi connectivity index (χ4v) is 4.98. The van der Waals surface area contributed by atoms with Crippen LogP contribution in [0.5, 0.6) is 0 Å². The molecule has 21 heavy (non-hydrogen) atoms. The highest BCUT2D eigenvalue weighted by molar-refractivity contribution is 5.94. The third-order valence-corrected chi connectivity index (χ3v) is 5.62. The van der Waals surface area contributed by atoms with Crippen molar-refractivity contribution in [1.29, 1.82) is 0 Å². The summed E-state index contributed by atoms with van der Waals surface area (Å²) in [7, 11) is 0. The number of nitrogens with one attached hydrogen (secondary N) is 1. The highest BCUT2D eigenvalue weighted by atomic mass is 19.2. The van der Waals surface area contributed by atoms with E-state index in [9.17, 15) is 13.6 Å². The van der Waals surface area contributed by atoms with E-state index in [0.717, 1.165) is 18.0 Å². The number of hydrogen-bond donors (Lipinski definition) is 1. The summed E-state index contributed by atoms with van der Waals surface area (Å²) in [4.78, 5) is 15.5. The monoisotopic (exact) mass is 292 g/mol. The van der Waals surface area contributed by atoms with Gasteiger partial charge < -0.3 is 5.32 Å². The zero-order chi connectivity index (χ0) is 14.6. The van der Waals surface area contributed by atoms with Gasteiger partial charge in [0, 0.05) is 12.2 Å². The minimum absolute atomic E-state index is 0.126. The summed E-state index contributed by atoms with van der Waals surface area (Å²) in [6.07, 6.45) is 7.16. The molecule has 1 heterocycles. The summed E-state index contributed by atoms with van der Waals surface area (Å²) in [5, 5.41) is 2.97. The summed E-state index contributed by atoms with van der Waals surface area (Å²) >= 11 is 0. The molecule has 1 aromatic heterocycles. The van der Waals surface area contributed by atoms with E-state index in [1.807, 2.05) is 0 Å². The van der Waals surface area contributed by atoms with E-state index < -0.39 is 17.7 Å². The van der Waals surface area contributed by atoms with Crippen molar-refractivity contribution in [3.05, 3.63) is 29.6 Å². The lowest BCUT2D eigenvalue weighted by Crippen LogP contribution is -2.55. The number of aromatic nitrogens is 1. The number of nitrogens with zero attached hydrogens (tertiary/aromatic N) is 1. The molecule has 0 atom stereocenters. The minimum Gasteiger partial charge on any atom is -0.349 e. The number of carbonyl (C=O) groups is 1. The Bertz CT molecular complexity index is 562. The third-order valence-electron chi connectivity index (χ3n) is 5.62. The van der Waals surface area contributed by atoms with Gasteiger partial charge in [0.25, 0.3) is 5.91 Å². The molecule has 0 saturated heterocycles. The van der Waals surface area contributed by atoms with Crippen LogP contribution < -0.4 is 5.32 Å². The number of amides is 1. The van der Waals surface area contributed by atoms with Crippen LogP contribution in [0.1, 0.15) is 42.5 Å². The Hall–Kier alpha value is -1.52. The van der Waals surface area contributed by atoms with Crippen molar-refractivity contribution < 1.29 is 13.6 Å². The first kappa shape index (κ1) is 13.2. The third kappa shape index (κ3) is 2.14. The molecule has 0 aromatic carbocycles. The average molecular weight is 292 g/mol. The Balaban J connectivity index is 1.53. The highest BCUT2D eigenvalue weighted by Gasteiger charge is 2.48. The second-order valence-electron chi connectivity index (χ2n) is 6.89. The summed E-state index contributed by atoms with van der Waals surface area (Å²) in [5.74, 6) is -0.218. The fraction of sp³-hybridized carbons (Fsp3) is 0.625. The molecule has 3 nitrogen and oxygen atoms in total. The number of hydrogen-bond acceptors (Lipinski definition) is 2. The molecule has 112 valence electrons. The Morgan fingerprint density at radius 1 is 1.10 bits per heavy atom. The average Bonchev–Trinajstić information content (AvgIpc) is 2.45. The number of halogens is 2. The van der Waals surface area contributed by atoms with Gasteiger partial charge in [-0.2, -0.15) is 4.39 Å². The van der Waals surface area contributed by atoms with E-state index in [2.05, 4.69) is 10.3 Å². The molecule has 1 amide bonds. The molecule has 5 heteroatoms. The van der Waals surface area contributed by atoms with Gasteiger partial charge in [-0.1, -0.05) is 0 Å². The van der Waals surface area contributed by atoms with Crippen molar-refractivity contribution in [3.63, 3.8) is 0 Å². The number of pyridine rings is 1. The first-order valence-electron chi connectivity index (χ1n) is 7.72. The topological polar surface area (TPSA) is 42.0 Å². The fourth-order valence-electron chi connectivity index (χ4n) is 4.98. The summed E-state index contributed by atoms with van der Waals surface area (Å²) in [5.41, 5.74) is -0.240. The number of rotatable bonds is 2. The maximum atomic E-state index is 13.7. The van der Waals surface area contributed by atoms with E-state index in [1.54, 1.807) is 0 Å². The second-order valence-corrected chi connectivity index (χ2v) is 6.89. The predicted molar refractivity (Wildman–Crippen MR) is 72.5 cm³/mol. The standard InChI is InChI=1S/C16H18F2N2O/c17-13-12(1-2-19-15(13)18)16(21)20-14-10-4-8-3-9(6-10)7-11(14)5-8/h1-2,8-11,14H,3-7H2,(H,20,21). The lowest BCUT2D eigenvalue weighted by atomic mass is 9.54. The molecule has 0 aliphatic heterocycles. The summed E-state index contributed by atoms with van der Waals surface area (Å²) in [6.45, 7) is 0. The maximum absolute atomic E-state index is 13.7. The van der Waals surface area contributed by atoms with Crippen molar-refractivity contribution in [2.45, 2.75) is 38.1 Å². The van der Waals surface area contributed by atoms with Crippen molar-refractivity contribution in [2.75, 3.05) is 0 Å². The molecule has 4 aliphatic carbocycles. The van der Waals surface area contributed by atoms with E-state index in [0.29, 0.717) is 11.8 Å². The Morgan fingerprint density at radius 2 is 1.71 bits per heavy atom. The second kappa shape index (κ2) is 4.75. The normalized spacial score (nSPS) is 36.8. The lowest BCUT2D eigenvalue weighted by molar-refractivity contribution is -0.0120. The van der Waals surface area contributed by atoms with Gasteiger partial charge in [0.2, 0.25) is 5.95 Å². The van der Waals surface area contributed by atoms with Gasteiger partial charge in [0.05, 0.1) is 5.56 Å². The van der Waals surface area contributed by atoms with Gasteiger partial charge in [-0.05, 0) is 61.8 Å². The Labute approximate surface area is 122 Å². The van der Waals surface area contributed by atoms with Crippen LogP contribution in [0.3, 0.4) is 0 Å². The lowest BCUT2D eigenvalue weighted by Gasteiger charge is -2.54. The van der Waals surface area contributed by atoms with Gasteiger partial charge in [-0.25, -0.2) is 9.37 Å². The number of carbonyl (C=O) groups excluding carboxylic acids is 1.